The van der Waals surface area contributed by atoms with E-state index in [2.05, 4.69) is 4.74 Å². The van der Waals surface area contributed by atoms with Gasteiger partial charge < -0.3 is 15.6 Å². The van der Waals surface area contributed by atoms with Crippen molar-refractivity contribution in [1.82, 2.24) is 0 Å². The molecular formula is C11H13NO3. The molecule has 0 saturated heterocycles. The maximum Gasteiger partial charge on any atom is 0.337 e. The van der Waals surface area contributed by atoms with Crippen molar-refractivity contribution in [1.29, 1.82) is 0 Å². The second-order valence-corrected chi connectivity index (χ2v) is 3.70. The Bertz CT molecular complexity index is 403. The summed E-state index contributed by atoms with van der Waals surface area (Å²) >= 11 is 0. The van der Waals surface area contributed by atoms with Gasteiger partial charge in [0.25, 0.3) is 0 Å². The van der Waals surface area contributed by atoms with E-state index in [1.807, 2.05) is 0 Å². The van der Waals surface area contributed by atoms with E-state index < -0.39 is 6.10 Å². The number of aliphatic hydroxyl groups excluding tert-OH is 1. The van der Waals surface area contributed by atoms with E-state index >= 15 is 0 Å². The fourth-order valence-electron chi connectivity index (χ4n) is 1.91. The van der Waals surface area contributed by atoms with Crippen LogP contribution in [0.5, 0.6) is 0 Å². The average molecular weight is 207 g/mol. The summed E-state index contributed by atoms with van der Waals surface area (Å²) in [5.74, 6) is -0.368. The molecule has 0 bridgehead atoms. The number of rotatable bonds is 1. The highest BCUT2D eigenvalue weighted by Gasteiger charge is 2.28. The number of nitrogens with two attached hydrogens (primary N) is 1. The Balaban J connectivity index is 2.37. The van der Waals surface area contributed by atoms with E-state index in [1.165, 1.54) is 7.11 Å². The molecule has 2 atom stereocenters. The fraction of sp³-hybridized carbons (Fsp3) is 0.364. The van der Waals surface area contributed by atoms with Crippen LogP contribution in [0.25, 0.3) is 0 Å². The van der Waals surface area contributed by atoms with Crippen LogP contribution in [-0.2, 0) is 11.2 Å². The van der Waals surface area contributed by atoms with Crippen LogP contribution in [0.4, 0.5) is 0 Å². The van der Waals surface area contributed by atoms with Gasteiger partial charge in [0.05, 0.1) is 24.8 Å². The van der Waals surface area contributed by atoms with Gasteiger partial charge in [0.2, 0.25) is 0 Å². The first-order chi connectivity index (χ1) is 7.13. The summed E-state index contributed by atoms with van der Waals surface area (Å²) in [6.45, 7) is 0. The molecule has 3 N–H and O–H groups in total. The summed E-state index contributed by atoms with van der Waals surface area (Å²) in [5, 5.41) is 9.56. The number of ether oxygens (including phenoxy) is 1. The molecule has 0 unspecified atom stereocenters. The topological polar surface area (TPSA) is 72.5 Å². The Morgan fingerprint density at radius 3 is 3.00 bits per heavy atom. The monoisotopic (exact) mass is 207 g/mol. The summed E-state index contributed by atoms with van der Waals surface area (Å²) in [4.78, 5) is 11.3. The number of benzene rings is 1. The molecule has 0 saturated carbocycles. The first-order valence-corrected chi connectivity index (χ1v) is 4.78. The van der Waals surface area contributed by atoms with Crippen LogP contribution in [0, 0.1) is 0 Å². The van der Waals surface area contributed by atoms with Gasteiger partial charge in [-0.05, 0) is 23.3 Å². The number of esters is 1. The number of carbonyl (C=O) groups is 1. The zero-order valence-corrected chi connectivity index (χ0v) is 8.43. The Kier molecular flexibility index (Phi) is 2.46. The van der Waals surface area contributed by atoms with Crippen LogP contribution in [0.1, 0.15) is 27.5 Å². The molecule has 4 heteroatoms. The zero-order chi connectivity index (χ0) is 11.0. The molecule has 0 aromatic heterocycles. The molecule has 0 radical (unpaired) electrons. The Morgan fingerprint density at radius 2 is 2.33 bits per heavy atom. The van der Waals surface area contributed by atoms with E-state index in [9.17, 15) is 9.90 Å². The highest BCUT2D eigenvalue weighted by Crippen LogP contribution is 2.30. The quantitative estimate of drug-likeness (QED) is 0.653. The normalized spacial score (nSPS) is 23.7. The van der Waals surface area contributed by atoms with Crippen molar-refractivity contribution in [2.24, 2.45) is 5.73 Å². The van der Waals surface area contributed by atoms with E-state index in [0.29, 0.717) is 12.0 Å². The summed E-state index contributed by atoms with van der Waals surface area (Å²) in [5.41, 5.74) is 8.12. The summed E-state index contributed by atoms with van der Waals surface area (Å²) in [7, 11) is 1.34. The van der Waals surface area contributed by atoms with E-state index in [0.717, 1.165) is 11.1 Å². The Labute approximate surface area is 87.7 Å². The van der Waals surface area contributed by atoms with Gasteiger partial charge in [-0.3, -0.25) is 0 Å². The number of aliphatic hydroxyl groups is 1. The van der Waals surface area contributed by atoms with Crippen LogP contribution in [0.2, 0.25) is 0 Å². The van der Waals surface area contributed by atoms with Gasteiger partial charge in [0, 0.05) is 6.42 Å². The number of carbonyl (C=O) groups excluding carboxylic acids is 1. The van der Waals surface area contributed by atoms with Gasteiger partial charge in [0.1, 0.15) is 0 Å². The van der Waals surface area contributed by atoms with Gasteiger partial charge in [-0.1, -0.05) is 6.07 Å². The molecule has 0 amide bonds. The molecule has 15 heavy (non-hydrogen) atoms. The summed E-state index contributed by atoms with van der Waals surface area (Å²) in [6, 6.07) is 4.84. The van der Waals surface area contributed by atoms with Gasteiger partial charge in [-0.25, -0.2) is 4.79 Å². The predicted molar refractivity (Wildman–Crippen MR) is 54.4 cm³/mol. The number of hydrogen-bond donors (Lipinski definition) is 2. The molecule has 1 aliphatic rings. The first-order valence-electron chi connectivity index (χ1n) is 4.78. The Hall–Kier alpha value is -1.39. The molecule has 80 valence electrons. The van der Waals surface area contributed by atoms with Gasteiger partial charge in [0.15, 0.2) is 0 Å². The van der Waals surface area contributed by atoms with Crippen molar-refractivity contribution in [2.45, 2.75) is 18.6 Å². The molecule has 0 fully saturated rings. The lowest BCUT2D eigenvalue weighted by Crippen LogP contribution is -2.21. The van der Waals surface area contributed by atoms with Crippen molar-refractivity contribution in [3.05, 3.63) is 34.9 Å². The highest BCUT2D eigenvalue weighted by molar-refractivity contribution is 5.89. The van der Waals surface area contributed by atoms with Crippen molar-refractivity contribution in [3.8, 4) is 0 Å². The molecule has 4 nitrogen and oxygen atoms in total. The molecule has 0 aliphatic heterocycles. The van der Waals surface area contributed by atoms with Crippen LogP contribution in [0.3, 0.4) is 0 Å². The van der Waals surface area contributed by atoms with Gasteiger partial charge in [-0.2, -0.15) is 0 Å². The molecule has 0 heterocycles. The lowest BCUT2D eigenvalue weighted by atomic mass is 10.1. The standard InChI is InChI=1S/C11H13NO3/c1-15-11(14)6-2-3-8-7(4-6)5-9(13)10(8)12/h2-4,9-10,13H,5,12H2,1H3/t9-,10+/m0/s1. The number of hydrogen-bond acceptors (Lipinski definition) is 4. The van der Waals surface area contributed by atoms with Crippen molar-refractivity contribution >= 4 is 5.97 Å². The molecule has 2 rings (SSSR count). The fourth-order valence-corrected chi connectivity index (χ4v) is 1.91. The third kappa shape index (κ3) is 1.62. The molecule has 1 aromatic carbocycles. The van der Waals surface area contributed by atoms with E-state index in [-0.39, 0.29) is 12.0 Å². The maximum absolute atomic E-state index is 11.3. The van der Waals surface area contributed by atoms with Crippen molar-refractivity contribution in [3.63, 3.8) is 0 Å². The van der Waals surface area contributed by atoms with E-state index in [4.69, 9.17) is 5.73 Å². The van der Waals surface area contributed by atoms with Gasteiger partial charge in [-0.15, -0.1) is 0 Å². The van der Waals surface area contributed by atoms with E-state index in [1.54, 1.807) is 18.2 Å². The third-order valence-electron chi connectivity index (χ3n) is 2.77. The summed E-state index contributed by atoms with van der Waals surface area (Å²) < 4.78 is 4.62. The van der Waals surface area contributed by atoms with Crippen molar-refractivity contribution in [2.75, 3.05) is 7.11 Å². The number of fused-ring (bicyclic) bond motifs is 1. The second kappa shape index (κ2) is 3.64. The minimum Gasteiger partial charge on any atom is -0.465 e. The lowest BCUT2D eigenvalue weighted by Gasteiger charge is -2.08. The minimum atomic E-state index is -0.548. The maximum atomic E-state index is 11.3. The lowest BCUT2D eigenvalue weighted by molar-refractivity contribution is 0.0600. The van der Waals surface area contributed by atoms with Crippen LogP contribution in [0.15, 0.2) is 18.2 Å². The second-order valence-electron chi connectivity index (χ2n) is 3.70. The predicted octanol–water partition coefficient (Wildman–Crippen LogP) is 0.390. The smallest absolute Gasteiger partial charge is 0.337 e. The average Bonchev–Trinajstić information content (AvgIpc) is 2.53. The van der Waals surface area contributed by atoms with Gasteiger partial charge >= 0.3 is 5.97 Å². The molecule has 0 spiro atoms. The third-order valence-corrected chi connectivity index (χ3v) is 2.77. The van der Waals surface area contributed by atoms with Crippen LogP contribution >= 0.6 is 0 Å². The molecule has 1 aromatic rings. The highest BCUT2D eigenvalue weighted by atomic mass is 16.5. The molecule has 1 aliphatic carbocycles. The van der Waals surface area contributed by atoms with Crippen LogP contribution in [-0.4, -0.2) is 24.3 Å². The largest absolute Gasteiger partial charge is 0.465 e. The van der Waals surface area contributed by atoms with Crippen molar-refractivity contribution < 1.29 is 14.6 Å². The Morgan fingerprint density at radius 1 is 1.60 bits per heavy atom. The first kappa shape index (κ1) is 10.1. The number of methoxy groups -OCH3 is 1. The summed E-state index contributed by atoms with van der Waals surface area (Å²) in [6.07, 6.45) is -0.0469. The zero-order valence-electron chi connectivity index (χ0n) is 8.43. The molecular weight excluding hydrogens is 194 g/mol. The minimum absolute atomic E-state index is 0.341. The SMILES string of the molecule is COC(=O)c1ccc2c(c1)C[C@H](O)[C@@H]2N. The van der Waals surface area contributed by atoms with Crippen LogP contribution < -0.4 is 5.73 Å².